The van der Waals surface area contributed by atoms with Gasteiger partial charge in [-0.25, -0.2) is 4.98 Å². The zero-order valence-electron chi connectivity index (χ0n) is 12.7. The maximum Gasteiger partial charge on any atom is 0.272 e. The second kappa shape index (κ2) is 6.87. The van der Waals surface area contributed by atoms with Gasteiger partial charge in [0, 0.05) is 13.1 Å². The highest BCUT2D eigenvalue weighted by molar-refractivity contribution is 5.92. The van der Waals surface area contributed by atoms with Gasteiger partial charge in [-0.05, 0) is 36.5 Å². The first-order valence-electron chi connectivity index (χ1n) is 7.80. The van der Waals surface area contributed by atoms with Crippen molar-refractivity contribution in [3.8, 4) is 0 Å². The number of hydrogen-bond acceptors (Lipinski definition) is 3. The minimum atomic E-state index is -0.648. The maximum atomic E-state index is 13.1. The molecule has 4 nitrogen and oxygen atoms in total. The Bertz CT molecular complexity index is 670. The van der Waals surface area contributed by atoms with Gasteiger partial charge in [0.1, 0.15) is 5.69 Å². The Morgan fingerprint density at radius 3 is 2.48 bits per heavy atom. The van der Waals surface area contributed by atoms with Crippen LogP contribution in [-0.4, -0.2) is 34.0 Å². The molecule has 1 N–H and O–H groups in total. The molecule has 0 spiro atoms. The summed E-state index contributed by atoms with van der Waals surface area (Å²) >= 11 is 0. The molecular weight excluding hydrogens is 295 g/mol. The van der Waals surface area contributed by atoms with Crippen molar-refractivity contribution >= 4 is 5.91 Å². The van der Waals surface area contributed by atoms with Gasteiger partial charge in [-0.15, -0.1) is 0 Å². The minimum Gasteiger partial charge on any atom is -0.388 e. The highest BCUT2D eigenvalue weighted by Crippen LogP contribution is 2.30. The maximum absolute atomic E-state index is 13.1. The van der Waals surface area contributed by atoms with Crippen LogP contribution in [-0.2, 0) is 0 Å². The van der Waals surface area contributed by atoms with E-state index in [1.54, 1.807) is 4.90 Å². The predicted molar refractivity (Wildman–Crippen MR) is 84.2 cm³/mol. The van der Waals surface area contributed by atoms with Crippen LogP contribution in [0.1, 0.15) is 35.0 Å². The number of piperidine rings is 1. The van der Waals surface area contributed by atoms with Gasteiger partial charge in [0.25, 0.3) is 5.91 Å². The average molecular weight is 314 g/mol. The van der Waals surface area contributed by atoms with E-state index in [0.29, 0.717) is 13.1 Å². The van der Waals surface area contributed by atoms with E-state index in [1.165, 1.54) is 18.2 Å². The molecule has 0 aliphatic carbocycles. The van der Waals surface area contributed by atoms with Crippen LogP contribution in [0.5, 0.6) is 0 Å². The molecule has 1 atom stereocenters. The summed E-state index contributed by atoms with van der Waals surface area (Å²) in [5.41, 5.74) is 1.04. The topological polar surface area (TPSA) is 53.4 Å². The van der Waals surface area contributed by atoms with Crippen LogP contribution in [0.25, 0.3) is 0 Å². The first-order valence-corrected chi connectivity index (χ1v) is 7.80. The Morgan fingerprint density at radius 2 is 1.83 bits per heavy atom. The Balaban J connectivity index is 1.61. The molecule has 3 rings (SSSR count). The van der Waals surface area contributed by atoms with Crippen LogP contribution in [0, 0.1) is 11.9 Å². The average Bonchev–Trinajstić information content (AvgIpc) is 2.61. The van der Waals surface area contributed by atoms with Crippen LogP contribution in [0.2, 0.25) is 0 Å². The first kappa shape index (κ1) is 15.6. The fourth-order valence-electron chi connectivity index (χ4n) is 3.03. The summed E-state index contributed by atoms with van der Waals surface area (Å²) in [5, 5.41) is 10.5. The third-order valence-corrected chi connectivity index (χ3v) is 4.35. The standard InChI is InChI=1S/C18H19FN2O2/c19-16-8-4-7-15(20-16)18(23)21-11-9-14(10-12-21)17(22)13-5-2-1-3-6-13/h1-8,14,17,22H,9-12H2. The van der Waals surface area contributed by atoms with E-state index >= 15 is 0 Å². The summed E-state index contributed by atoms with van der Waals surface area (Å²) in [6.45, 7) is 1.09. The van der Waals surface area contributed by atoms with Crippen molar-refractivity contribution < 1.29 is 14.3 Å². The molecule has 1 unspecified atom stereocenters. The highest BCUT2D eigenvalue weighted by Gasteiger charge is 2.29. The third-order valence-electron chi connectivity index (χ3n) is 4.35. The smallest absolute Gasteiger partial charge is 0.272 e. The van der Waals surface area contributed by atoms with Crippen molar-refractivity contribution in [2.75, 3.05) is 13.1 Å². The Labute approximate surface area is 134 Å². The first-order chi connectivity index (χ1) is 11.1. The molecule has 1 amide bonds. The lowest BCUT2D eigenvalue weighted by Gasteiger charge is -2.34. The monoisotopic (exact) mass is 314 g/mol. The van der Waals surface area contributed by atoms with Gasteiger partial charge in [-0.2, -0.15) is 4.39 Å². The molecule has 1 aromatic heterocycles. The van der Waals surface area contributed by atoms with E-state index in [2.05, 4.69) is 4.98 Å². The Kier molecular flexibility index (Phi) is 4.67. The minimum absolute atomic E-state index is 0.127. The lowest BCUT2D eigenvalue weighted by molar-refractivity contribution is 0.0458. The largest absolute Gasteiger partial charge is 0.388 e. The Morgan fingerprint density at radius 1 is 1.13 bits per heavy atom. The molecule has 1 aliphatic rings. The highest BCUT2D eigenvalue weighted by atomic mass is 19.1. The number of aromatic nitrogens is 1. The zero-order valence-corrected chi connectivity index (χ0v) is 12.7. The molecule has 23 heavy (non-hydrogen) atoms. The SMILES string of the molecule is O=C(c1cccc(F)n1)N1CCC(C(O)c2ccccc2)CC1. The number of likely N-dealkylation sites (tertiary alicyclic amines) is 1. The van der Waals surface area contributed by atoms with Gasteiger partial charge in [-0.3, -0.25) is 4.79 Å². The molecule has 1 aromatic carbocycles. The van der Waals surface area contributed by atoms with Crippen molar-refractivity contribution in [1.29, 1.82) is 0 Å². The number of carbonyl (C=O) groups is 1. The van der Waals surface area contributed by atoms with E-state index in [1.807, 2.05) is 30.3 Å². The van der Waals surface area contributed by atoms with Gasteiger partial charge in [0.2, 0.25) is 5.95 Å². The van der Waals surface area contributed by atoms with Crippen LogP contribution >= 0.6 is 0 Å². The van der Waals surface area contributed by atoms with E-state index in [0.717, 1.165) is 18.4 Å². The molecule has 0 bridgehead atoms. The number of carbonyl (C=O) groups excluding carboxylic acids is 1. The number of aliphatic hydroxyl groups is 1. The summed E-state index contributed by atoms with van der Waals surface area (Å²) in [5.74, 6) is -0.774. The summed E-state index contributed by atoms with van der Waals surface area (Å²) in [7, 11) is 0. The van der Waals surface area contributed by atoms with Crippen molar-refractivity contribution in [3.63, 3.8) is 0 Å². The van der Waals surface area contributed by atoms with Gasteiger partial charge < -0.3 is 10.0 Å². The fourth-order valence-corrected chi connectivity index (χ4v) is 3.03. The van der Waals surface area contributed by atoms with E-state index in [4.69, 9.17) is 0 Å². The number of amides is 1. The van der Waals surface area contributed by atoms with Gasteiger partial charge >= 0.3 is 0 Å². The quantitative estimate of drug-likeness (QED) is 0.886. The lowest BCUT2D eigenvalue weighted by atomic mass is 9.87. The van der Waals surface area contributed by atoms with Gasteiger partial charge in [0.15, 0.2) is 0 Å². The van der Waals surface area contributed by atoms with Gasteiger partial charge in [-0.1, -0.05) is 36.4 Å². The molecule has 5 heteroatoms. The van der Waals surface area contributed by atoms with Crippen LogP contribution in [0.15, 0.2) is 48.5 Å². The van der Waals surface area contributed by atoms with E-state index in [-0.39, 0.29) is 17.5 Å². The summed E-state index contributed by atoms with van der Waals surface area (Å²) in [6, 6.07) is 13.8. The van der Waals surface area contributed by atoms with Crippen molar-refractivity contribution in [2.45, 2.75) is 18.9 Å². The molecule has 1 aliphatic heterocycles. The van der Waals surface area contributed by atoms with Gasteiger partial charge in [0.05, 0.1) is 6.10 Å². The molecular formula is C18H19FN2O2. The second-order valence-electron chi connectivity index (χ2n) is 5.83. The molecule has 1 saturated heterocycles. The molecule has 120 valence electrons. The van der Waals surface area contributed by atoms with Crippen molar-refractivity contribution in [1.82, 2.24) is 9.88 Å². The fraction of sp³-hybridized carbons (Fsp3) is 0.333. The number of rotatable bonds is 3. The van der Waals surface area contributed by atoms with E-state index in [9.17, 15) is 14.3 Å². The number of benzene rings is 1. The van der Waals surface area contributed by atoms with Crippen molar-refractivity contribution in [3.05, 3.63) is 65.7 Å². The van der Waals surface area contributed by atoms with Crippen LogP contribution in [0.4, 0.5) is 4.39 Å². The Hall–Kier alpha value is -2.27. The summed E-state index contributed by atoms with van der Waals surface area (Å²) < 4.78 is 13.1. The number of nitrogens with zero attached hydrogens (tertiary/aromatic N) is 2. The molecule has 1 fully saturated rings. The number of hydrogen-bond donors (Lipinski definition) is 1. The lowest BCUT2D eigenvalue weighted by Crippen LogP contribution is -2.40. The summed E-state index contributed by atoms with van der Waals surface area (Å²) in [4.78, 5) is 17.7. The zero-order chi connectivity index (χ0) is 16.2. The normalized spacial score (nSPS) is 17.0. The van der Waals surface area contributed by atoms with E-state index < -0.39 is 12.1 Å². The second-order valence-corrected chi connectivity index (χ2v) is 5.83. The van der Waals surface area contributed by atoms with Crippen LogP contribution in [0.3, 0.4) is 0 Å². The number of halogens is 1. The number of pyridine rings is 1. The predicted octanol–water partition coefficient (Wildman–Crippen LogP) is 2.81. The molecule has 2 aromatic rings. The number of aliphatic hydroxyl groups excluding tert-OH is 1. The summed E-state index contributed by atoms with van der Waals surface area (Å²) in [6.07, 6.45) is 0.926. The molecule has 0 saturated carbocycles. The molecule has 2 heterocycles. The third kappa shape index (κ3) is 3.56. The molecule has 0 radical (unpaired) electrons. The van der Waals surface area contributed by atoms with Crippen molar-refractivity contribution in [2.24, 2.45) is 5.92 Å². The van der Waals surface area contributed by atoms with Crippen LogP contribution < -0.4 is 0 Å².